The van der Waals surface area contributed by atoms with E-state index in [4.69, 9.17) is 9.47 Å². The predicted molar refractivity (Wildman–Crippen MR) is 117 cm³/mol. The second kappa shape index (κ2) is 12.5. The van der Waals surface area contributed by atoms with E-state index in [0.717, 1.165) is 25.7 Å². The van der Waals surface area contributed by atoms with Crippen molar-refractivity contribution in [1.82, 2.24) is 9.88 Å². The summed E-state index contributed by atoms with van der Waals surface area (Å²) in [6.45, 7) is 12.0. The van der Waals surface area contributed by atoms with E-state index in [0.29, 0.717) is 30.0 Å². The number of carbonyl (C=O) groups excluding carboxylic acids is 3. The minimum absolute atomic E-state index is 0.0136. The molecule has 1 rings (SSSR count). The Balaban J connectivity index is 3.21. The molecule has 7 heteroatoms. The Morgan fingerprint density at radius 3 is 2.33 bits per heavy atom. The van der Waals surface area contributed by atoms with Crippen LogP contribution in [0.2, 0.25) is 0 Å². The number of ether oxygens (including phenoxy) is 2. The van der Waals surface area contributed by atoms with Gasteiger partial charge in [-0.25, -0.2) is 4.79 Å². The molecule has 0 saturated heterocycles. The van der Waals surface area contributed by atoms with Gasteiger partial charge in [-0.15, -0.1) is 0 Å². The third-order valence-corrected chi connectivity index (χ3v) is 5.58. The lowest BCUT2D eigenvalue weighted by Gasteiger charge is -2.31. The van der Waals surface area contributed by atoms with E-state index in [-0.39, 0.29) is 29.9 Å². The standard InChI is InChI=1S/C23H38N2O5/c1-8-11-12-18(9-2)22(27)25(13-14-29-7)17(6)21(26)19-15(4)20(24-16(19)5)23(28)30-10-3/h17-18,24H,8-14H2,1-7H3/t17-,18+/m0/s1. The van der Waals surface area contributed by atoms with Crippen molar-refractivity contribution in [3.05, 3.63) is 22.5 Å². The first-order chi connectivity index (χ1) is 14.2. The molecule has 0 aromatic carbocycles. The number of hydrogen-bond acceptors (Lipinski definition) is 5. The summed E-state index contributed by atoms with van der Waals surface area (Å²) in [5, 5.41) is 0. The number of nitrogens with zero attached hydrogens (tertiary/aromatic N) is 1. The number of aromatic amines is 1. The molecule has 0 spiro atoms. The second-order valence-corrected chi connectivity index (χ2v) is 7.66. The fraction of sp³-hybridized carbons (Fsp3) is 0.696. The minimum Gasteiger partial charge on any atom is -0.461 e. The highest BCUT2D eigenvalue weighted by Crippen LogP contribution is 2.24. The van der Waals surface area contributed by atoms with Gasteiger partial charge in [0.1, 0.15) is 5.69 Å². The van der Waals surface area contributed by atoms with Crippen molar-refractivity contribution in [3.8, 4) is 0 Å². The van der Waals surface area contributed by atoms with Gasteiger partial charge >= 0.3 is 5.97 Å². The van der Waals surface area contributed by atoms with Crippen LogP contribution in [-0.4, -0.2) is 60.5 Å². The van der Waals surface area contributed by atoms with Crippen LogP contribution in [0.5, 0.6) is 0 Å². The van der Waals surface area contributed by atoms with Crippen LogP contribution in [0.3, 0.4) is 0 Å². The van der Waals surface area contributed by atoms with Crippen molar-refractivity contribution in [2.45, 2.75) is 73.3 Å². The van der Waals surface area contributed by atoms with Crippen molar-refractivity contribution in [2.24, 2.45) is 5.92 Å². The van der Waals surface area contributed by atoms with Gasteiger partial charge in [-0.2, -0.15) is 0 Å². The number of H-pyrrole nitrogens is 1. The SMILES string of the molecule is CCCC[C@@H](CC)C(=O)N(CCOC)[C@@H](C)C(=O)c1c(C)[nH]c(C(=O)OCC)c1C. The van der Waals surface area contributed by atoms with Gasteiger partial charge in [-0.05, 0) is 46.1 Å². The number of unbranched alkanes of at least 4 members (excludes halogenated alkanes) is 1. The summed E-state index contributed by atoms with van der Waals surface area (Å²) < 4.78 is 10.3. The van der Waals surface area contributed by atoms with Gasteiger partial charge in [0.15, 0.2) is 5.78 Å². The average Bonchev–Trinajstić information content (AvgIpc) is 3.02. The Morgan fingerprint density at radius 1 is 1.13 bits per heavy atom. The van der Waals surface area contributed by atoms with E-state index < -0.39 is 12.0 Å². The zero-order chi connectivity index (χ0) is 22.8. The monoisotopic (exact) mass is 422 g/mol. The molecule has 0 saturated carbocycles. The summed E-state index contributed by atoms with van der Waals surface area (Å²) in [6, 6.07) is -0.661. The molecule has 30 heavy (non-hydrogen) atoms. The topological polar surface area (TPSA) is 88.7 Å². The molecule has 1 amide bonds. The fourth-order valence-corrected chi connectivity index (χ4v) is 3.75. The lowest BCUT2D eigenvalue weighted by Crippen LogP contribution is -2.47. The van der Waals surface area contributed by atoms with Crippen molar-refractivity contribution < 1.29 is 23.9 Å². The van der Waals surface area contributed by atoms with Gasteiger partial charge in [0, 0.05) is 30.8 Å². The molecular weight excluding hydrogens is 384 g/mol. The molecule has 1 aromatic rings. The van der Waals surface area contributed by atoms with E-state index in [1.165, 1.54) is 0 Å². The summed E-state index contributed by atoms with van der Waals surface area (Å²) in [4.78, 5) is 43.5. The maximum atomic E-state index is 13.4. The zero-order valence-electron chi connectivity index (χ0n) is 19.6. The van der Waals surface area contributed by atoms with E-state index in [1.54, 1.807) is 39.7 Å². The number of ketones is 1. The fourth-order valence-electron chi connectivity index (χ4n) is 3.75. The van der Waals surface area contributed by atoms with Crippen molar-refractivity contribution in [1.29, 1.82) is 0 Å². The third-order valence-electron chi connectivity index (χ3n) is 5.58. The Bertz CT molecular complexity index is 725. The molecule has 1 aromatic heterocycles. The number of aromatic nitrogens is 1. The molecule has 7 nitrogen and oxygen atoms in total. The maximum Gasteiger partial charge on any atom is 0.355 e. The van der Waals surface area contributed by atoms with Crippen LogP contribution in [-0.2, 0) is 14.3 Å². The Kier molecular flexibility index (Phi) is 10.8. The van der Waals surface area contributed by atoms with Crippen LogP contribution in [0, 0.1) is 19.8 Å². The third kappa shape index (κ3) is 6.17. The Morgan fingerprint density at radius 2 is 1.80 bits per heavy atom. The smallest absolute Gasteiger partial charge is 0.355 e. The van der Waals surface area contributed by atoms with Gasteiger partial charge in [-0.3, -0.25) is 9.59 Å². The molecule has 0 radical (unpaired) electrons. The first kappa shape index (κ1) is 25.9. The highest BCUT2D eigenvalue weighted by molar-refractivity contribution is 6.06. The molecule has 1 N–H and O–H groups in total. The van der Waals surface area contributed by atoms with Gasteiger partial charge in [0.25, 0.3) is 0 Å². The predicted octanol–water partition coefficient (Wildman–Crippen LogP) is 4.07. The van der Waals surface area contributed by atoms with Crippen LogP contribution in [0.4, 0.5) is 0 Å². The number of methoxy groups -OCH3 is 1. The number of nitrogens with one attached hydrogen (secondary N) is 1. The lowest BCUT2D eigenvalue weighted by atomic mass is 9.95. The number of Topliss-reactive ketones (excluding diaryl/α,β-unsaturated/α-hetero) is 1. The number of hydrogen-bond donors (Lipinski definition) is 1. The Hall–Kier alpha value is -2.15. The molecule has 170 valence electrons. The summed E-state index contributed by atoms with van der Waals surface area (Å²) >= 11 is 0. The van der Waals surface area contributed by atoms with E-state index in [1.807, 2.05) is 6.92 Å². The Labute approximate surface area is 180 Å². The van der Waals surface area contributed by atoms with E-state index in [2.05, 4.69) is 11.9 Å². The largest absolute Gasteiger partial charge is 0.461 e. The highest BCUT2D eigenvalue weighted by atomic mass is 16.5. The van der Waals surface area contributed by atoms with Crippen molar-refractivity contribution in [2.75, 3.05) is 26.9 Å². The van der Waals surface area contributed by atoms with Crippen LogP contribution >= 0.6 is 0 Å². The molecule has 2 atom stereocenters. The minimum atomic E-state index is -0.661. The quantitative estimate of drug-likeness (QED) is 0.382. The van der Waals surface area contributed by atoms with Crippen molar-refractivity contribution >= 4 is 17.7 Å². The zero-order valence-corrected chi connectivity index (χ0v) is 19.6. The molecule has 0 aliphatic heterocycles. The number of carbonyl (C=O) groups is 3. The number of rotatable bonds is 13. The van der Waals surface area contributed by atoms with E-state index in [9.17, 15) is 14.4 Å². The van der Waals surface area contributed by atoms with Gasteiger partial charge in [0.2, 0.25) is 5.91 Å². The second-order valence-electron chi connectivity index (χ2n) is 7.66. The van der Waals surface area contributed by atoms with Crippen LogP contribution in [0.1, 0.15) is 85.5 Å². The molecular formula is C23H38N2O5. The normalized spacial score (nSPS) is 13.0. The summed E-state index contributed by atoms with van der Waals surface area (Å²) in [7, 11) is 1.58. The van der Waals surface area contributed by atoms with Gasteiger partial charge in [-0.1, -0.05) is 26.7 Å². The molecule has 0 aliphatic carbocycles. The molecule has 0 aliphatic rings. The first-order valence-electron chi connectivity index (χ1n) is 10.9. The average molecular weight is 423 g/mol. The lowest BCUT2D eigenvalue weighted by molar-refractivity contribution is -0.137. The summed E-state index contributed by atoms with van der Waals surface area (Å²) in [5.41, 5.74) is 1.89. The van der Waals surface area contributed by atoms with E-state index >= 15 is 0 Å². The van der Waals surface area contributed by atoms with Gasteiger partial charge < -0.3 is 19.4 Å². The first-order valence-corrected chi connectivity index (χ1v) is 10.9. The molecule has 0 unspecified atom stereocenters. The van der Waals surface area contributed by atoms with Crippen LogP contribution < -0.4 is 0 Å². The summed E-state index contributed by atoms with van der Waals surface area (Å²) in [6.07, 6.45) is 3.54. The number of esters is 1. The van der Waals surface area contributed by atoms with Crippen molar-refractivity contribution in [3.63, 3.8) is 0 Å². The number of aryl methyl sites for hydroxylation is 1. The molecule has 1 heterocycles. The maximum absolute atomic E-state index is 13.4. The highest BCUT2D eigenvalue weighted by Gasteiger charge is 2.33. The molecule has 0 bridgehead atoms. The molecule has 0 fully saturated rings. The number of amides is 1. The summed E-state index contributed by atoms with van der Waals surface area (Å²) in [5.74, 6) is -0.796. The van der Waals surface area contributed by atoms with Gasteiger partial charge in [0.05, 0.1) is 19.3 Å². The van der Waals surface area contributed by atoms with Crippen LogP contribution in [0.15, 0.2) is 0 Å². The van der Waals surface area contributed by atoms with Crippen LogP contribution in [0.25, 0.3) is 0 Å².